The molecule has 2 rings (SSSR count). The molecule has 1 N–H and O–H groups in total. The molecule has 1 aromatic rings. The van der Waals surface area contributed by atoms with Crippen LogP contribution in [0.4, 0.5) is 0 Å². The molecule has 118 valence electrons. The van der Waals surface area contributed by atoms with Crippen LogP contribution in [0.25, 0.3) is 0 Å². The number of nitrogens with zero attached hydrogens (tertiary/aromatic N) is 2. The molecule has 21 heavy (non-hydrogen) atoms. The fourth-order valence-electron chi connectivity index (χ4n) is 2.83. The van der Waals surface area contributed by atoms with E-state index in [2.05, 4.69) is 73.1 Å². The van der Waals surface area contributed by atoms with Gasteiger partial charge >= 0.3 is 0 Å². The van der Waals surface area contributed by atoms with Crippen molar-refractivity contribution in [3.8, 4) is 0 Å². The maximum absolute atomic E-state index is 3.62. The van der Waals surface area contributed by atoms with Crippen LogP contribution in [-0.2, 0) is 6.54 Å². The second kappa shape index (κ2) is 7.05. The lowest BCUT2D eigenvalue weighted by Crippen LogP contribution is -2.53. The number of hydrogen-bond donors (Lipinski definition) is 1. The first-order valence-electron chi connectivity index (χ1n) is 8.05. The van der Waals surface area contributed by atoms with Gasteiger partial charge in [-0.3, -0.25) is 4.90 Å². The number of hydrogen-bond acceptors (Lipinski definition) is 3. The fourth-order valence-corrected chi connectivity index (χ4v) is 3.99. The molecule has 0 aliphatic carbocycles. The van der Waals surface area contributed by atoms with Gasteiger partial charge in [-0.15, -0.1) is 0 Å². The predicted molar refractivity (Wildman–Crippen MR) is 95.0 cm³/mol. The Morgan fingerprint density at radius 2 is 1.76 bits per heavy atom. The molecule has 0 spiro atoms. The lowest BCUT2D eigenvalue weighted by Gasteiger charge is -2.37. The molecular weight excluding hydrogens is 274 g/mol. The van der Waals surface area contributed by atoms with Gasteiger partial charge < -0.3 is 10.2 Å². The molecule has 1 saturated heterocycles. The van der Waals surface area contributed by atoms with E-state index in [1.165, 1.54) is 18.7 Å². The predicted octanol–water partition coefficient (Wildman–Crippen LogP) is 1.57. The quantitative estimate of drug-likeness (QED) is 0.833. The summed E-state index contributed by atoms with van der Waals surface area (Å²) >= 11 is 0. The van der Waals surface area contributed by atoms with Gasteiger partial charge in [0.25, 0.3) is 0 Å². The minimum atomic E-state index is -1.16. The van der Waals surface area contributed by atoms with E-state index in [-0.39, 0.29) is 0 Å². The fraction of sp³-hybridized carbons (Fsp3) is 0.647. The Morgan fingerprint density at radius 1 is 1.10 bits per heavy atom. The summed E-state index contributed by atoms with van der Waals surface area (Å²) in [5.41, 5.74) is 1.39. The maximum atomic E-state index is 3.62. The van der Waals surface area contributed by atoms with Crippen LogP contribution >= 0.6 is 0 Å². The second-order valence-electron chi connectivity index (χ2n) is 7.47. The second-order valence-corrected chi connectivity index (χ2v) is 12.6. The van der Waals surface area contributed by atoms with Gasteiger partial charge in [-0.2, -0.15) is 0 Å². The van der Waals surface area contributed by atoms with Crippen LogP contribution in [-0.4, -0.2) is 64.2 Å². The van der Waals surface area contributed by atoms with Crippen LogP contribution in [0.15, 0.2) is 24.3 Å². The van der Waals surface area contributed by atoms with Crippen LogP contribution in [0.3, 0.4) is 0 Å². The summed E-state index contributed by atoms with van der Waals surface area (Å²) in [5.74, 6) is 0. The Bertz CT molecular complexity index is 438. The Kier molecular flexibility index (Phi) is 5.60. The standard InChI is InChI=1S/C17H31N3Si/c1-19-10-11-20(2)16(14-19)13-18-12-15-6-8-17(9-7-15)21(3,4)5/h6-9,16,18H,10-14H2,1-5H3. The minimum absolute atomic E-state index is 0.630. The molecule has 0 bridgehead atoms. The molecule has 1 heterocycles. The highest BCUT2D eigenvalue weighted by Gasteiger charge is 2.21. The third kappa shape index (κ3) is 4.92. The highest BCUT2D eigenvalue weighted by Crippen LogP contribution is 2.07. The first-order chi connectivity index (χ1) is 9.86. The van der Waals surface area contributed by atoms with Gasteiger partial charge in [0.05, 0.1) is 8.07 Å². The smallest absolute Gasteiger partial charge is 0.0775 e. The van der Waals surface area contributed by atoms with E-state index < -0.39 is 8.07 Å². The van der Waals surface area contributed by atoms with Gasteiger partial charge in [-0.25, -0.2) is 0 Å². The Balaban J connectivity index is 1.80. The van der Waals surface area contributed by atoms with Crippen molar-refractivity contribution in [2.75, 3.05) is 40.3 Å². The molecule has 1 atom stereocenters. The third-order valence-electron chi connectivity index (χ3n) is 4.51. The summed E-state index contributed by atoms with van der Waals surface area (Å²) in [4.78, 5) is 4.90. The number of likely N-dealkylation sites (N-methyl/N-ethyl adjacent to an activating group) is 2. The van der Waals surface area contributed by atoms with Crippen molar-refractivity contribution in [2.45, 2.75) is 32.2 Å². The molecule has 0 radical (unpaired) electrons. The van der Waals surface area contributed by atoms with E-state index in [0.717, 1.165) is 19.6 Å². The molecular formula is C17H31N3Si. The lowest BCUT2D eigenvalue weighted by molar-refractivity contribution is 0.113. The average molecular weight is 306 g/mol. The van der Waals surface area contributed by atoms with Crippen LogP contribution < -0.4 is 10.5 Å². The molecule has 1 aromatic carbocycles. The van der Waals surface area contributed by atoms with Crippen LogP contribution in [0.2, 0.25) is 19.6 Å². The topological polar surface area (TPSA) is 18.5 Å². The highest BCUT2D eigenvalue weighted by atomic mass is 28.3. The number of nitrogens with one attached hydrogen (secondary N) is 1. The van der Waals surface area contributed by atoms with Crippen molar-refractivity contribution in [3.63, 3.8) is 0 Å². The van der Waals surface area contributed by atoms with Crippen LogP contribution in [0, 0.1) is 0 Å². The van der Waals surface area contributed by atoms with E-state index in [4.69, 9.17) is 0 Å². The number of benzene rings is 1. The SMILES string of the molecule is CN1CCN(C)C(CNCc2ccc([Si](C)(C)C)cc2)C1. The lowest BCUT2D eigenvalue weighted by atomic mass is 10.1. The molecule has 4 heteroatoms. The summed E-state index contributed by atoms with van der Waals surface area (Å²) in [6.45, 7) is 12.8. The largest absolute Gasteiger partial charge is 0.311 e. The summed E-state index contributed by atoms with van der Waals surface area (Å²) in [6, 6.07) is 9.85. The molecule has 1 aliphatic heterocycles. The van der Waals surface area contributed by atoms with E-state index in [1.54, 1.807) is 5.19 Å². The van der Waals surface area contributed by atoms with E-state index >= 15 is 0 Å². The van der Waals surface area contributed by atoms with Crippen molar-refractivity contribution < 1.29 is 0 Å². The zero-order valence-electron chi connectivity index (χ0n) is 14.3. The van der Waals surface area contributed by atoms with E-state index in [9.17, 15) is 0 Å². The van der Waals surface area contributed by atoms with Gasteiger partial charge in [0, 0.05) is 38.8 Å². The van der Waals surface area contributed by atoms with Crippen molar-refractivity contribution in [1.29, 1.82) is 0 Å². The first-order valence-corrected chi connectivity index (χ1v) is 11.5. The Hall–Kier alpha value is -0.683. The van der Waals surface area contributed by atoms with Gasteiger partial charge in [0.1, 0.15) is 0 Å². The Labute approximate surface area is 131 Å². The van der Waals surface area contributed by atoms with E-state index in [1.807, 2.05) is 0 Å². The number of piperazine rings is 1. The molecule has 1 fully saturated rings. The normalized spacial score (nSPS) is 21.7. The summed E-state index contributed by atoms with van der Waals surface area (Å²) in [5, 5.41) is 5.17. The van der Waals surface area contributed by atoms with Crippen molar-refractivity contribution in [1.82, 2.24) is 15.1 Å². The molecule has 1 aliphatic rings. The number of rotatable bonds is 5. The average Bonchev–Trinajstić information content (AvgIpc) is 2.42. The molecule has 0 aromatic heterocycles. The highest BCUT2D eigenvalue weighted by molar-refractivity contribution is 6.88. The summed E-state index contributed by atoms with van der Waals surface area (Å²) < 4.78 is 0. The summed E-state index contributed by atoms with van der Waals surface area (Å²) in [7, 11) is 3.29. The van der Waals surface area contributed by atoms with Crippen LogP contribution in [0.5, 0.6) is 0 Å². The van der Waals surface area contributed by atoms with E-state index in [0.29, 0.717) is 6.04 Å². The van der Waals surface area contributed by atoms with Crippen molar-refractivity contribution in [2.24, 2.45) is 0 Å². The molecule has 0 saturated carbocycles. The first kappa shape index (κ1) is 16.7. The Morgan fingerprint density at radius 3 is 2.38 bits per heavy atom. The molecule has 0 amide bonds. The van der Waals surface area contributed by atoms with Gasteiger partial charge in [-0.05, 0) is 19.7 Å². The maximum Gasteiger partial charge on any atom is 0.0775 e. The van der Waals surface area contributed by atoms with Gasteiger partial charge in [-0.1, -0.05) is 49.1 Å². The molecule has 3 nitrogen and oxygen atoms in total. The monoisotopic (exact) mass is 305 g/mol. The van der Waals surface area contributed by atoms with Gasteiger partial charge in [0.2, 0.25) is 0 Å². The van der Waals surface area contributed by atoms with Gasteiger partial charge in [0.15, 0.2) is 0 Å². The molecule has 1 unspecified atom stereocenters. The zero-order valence-corrected chi connectivity index (χ0v) is 15.3. The zero-order chi connectivity index (χ0) is 15.5. The van der Waals surface area contributed by atoms with Crippen molar-refractivity contribution >= 4 is 13.3 Å². The minimum Gasteiger partial charge on any atom is -0.311 e. The third-order valence-corrected chi connectivity index (χ3v) is 6.57. The summed E-state index contributed by atoms with van der Waals surface area (Å²) in [6.07, 6.45) is 0. The van der Waals surface area contributed by atoms with Crippen molar-refractivity contribution in [3.05, 3.63) is 29.8 Å². The van der Waals surface area contributed by atoms with Crippen LogP contribution in [0.1, 0.15) is 5.56 Å².